The Morgan fingerprint density at radius 1 is 1.39 bits per heavy atom. The quantitative estimate of drug-likeness (QED) is 0.938. The number of aliphatic hydroxyl groups excluding tert-OH is 1. The molecule has 1 N–H and O–H groups in total. The van der Waals surface area contributed by atoms with Crippen LogP contribution in [-0.2, 0) is 16.8 Å². The molecule has 1 aromatic carbocycles. The van der Waals surface area contributed by atoms with E-state index in [4.69, 9.17) is 0 Å². The summed E-state index contributed by atoms with van der Waals surface area (Å²) in [6.45, 7) is 2.54. The van der Waals surface area contributed by atoms with Gasteiger partial charge in [-0.25, -0.2) is 4.68 Å². The average Bonchev–Trinajstić information content (AvgIpc) is 3.09. The Balaban J connectivity index is 1.57. The third kappa shape index (κ3) is 2.25. The Labute approximate surface area is 134 Å². The van der Waals surface area contributed by atoms with Gasteiger partial charge in [-0.2, -0.15) is 0 Å². The van der Waals surface area contributed by atoms with Crippen LogP contribution >= 0.6 is 0 Å². The normalized spacial score (nSPS) is 19.5. The summed E-state index contributed by atoms with van der Waals surface area (Å²) >= 11 is 0. The number of hydrogen-bond acceptors (Lipinski definition) is 4. The Kier molecular flexibility index (Phi) is 3.23. The molecule has 0 saturated heterocycles. The van der Waals surface area contributed by atoms with Crippen LogP contribution in [0.25, 0.3) is 0 Å². The molecule has 0 bridgehead atoms. The van der Waals surface area contributed by atoms with Gasteiger partial charge in [0.05, 0.1) is 12.3 Å². The first-order valence-electron chi connectivity index (χ1n) is 8.07. The van der Waals surface area contributed by atoms with Crippen molar-refractivity contribution in [2.75, 3.05) is 11.4 Å². The number of benzene rings is 1. The maximum absolute atomic E-state index is 12.8. The predicted octanol–water partition coefficient (Wildman–Crippen LogP) is 1.80. The molecule has 1 aromatic heterocycles. The molecule has 1 amide bonds. The molecule has 0 radical (unpaired) electrons. The first-order chi connectivity index (χ1) is 11.1. The molecule has 1 atom stereocenters. The van der Waals surface area contributed by atoms with Crippen molar-refractivity contribution in [3.63, 3.8) is 0 Å². The van der Waals surface area contributed by atoms with Crippen LogP contribution in [0.2, 0.25) is 0 Å². The number of rotatable bonds is 3. The summed E-state index contributed by atoms with van der Waals surface area (Å²) < 4.78 is 1.50. The number of hydrogen-bond donors (Lipinski definition) is 1. The van der Waals surface area contributed by atoms with Crippen LogP contribution in [-0.4, -0.2) is 32.6 Å². The lowest BCUT2D eigenvalue weighted by molar-refractivity contribution is -0.119. The van der Waals surface area contributed by atoms with E-state index in [1.165, 1.54) is 16.7 Å². The van der Waals surface area contributed by atoms with E-state index in [1.54, 1.807) is 13.1 Å². The van der Waals surface area contributed by atoms with Crippen molar-refractivity contribution in [2.24, 2.45) is 0 Å². The lowest BCUT2D eigenvalue weighted by Gasteiger charge is -2.38. The van der Waals surface area contributed by atoms with Crippen LogP contribution in [0.4, 0.5) is 5.69 Å². The van der Waals surface area contributed by atoms with Gasteiger partial charge in [-0.15, -0.1) is 5.10 Å². The molecule has 2 heterocycles. The van der Waals surface area contributed by atoms with Crippen molar-refractivity contribution in [1.29, 1.82) is 0 Å². The minimum Gasteiger partial charge on any atom is -0.387 e. The van der Waals surface area contributed by atoms with E-state index < -0.39 is 6.10 Å². The molecule has 4 rings (SSSR count). The fourth-order valence-electron chi connectivity index (χ4n) is 3.69. The van der Waals surface area contributed by atoms with Crippen molar-refractivity contribution in [3.05, 3.63) is 41.7 Å². The van der Waals surface area contributed by atoms with Crippen molar-refractivity contribution in [1.82, 2.24) is 15.0 Å². The zero-order valence-electron chi connectivity index (χ0n) is 13.1. The van der Waals surface area contributed by atoms with Gasteiger partial charge in [-0.05, 0) is 31.4 Å². The summed E-state index contributed by atoms with van der Waals surface area (Å²) in [7, 11) is 0. The van der Waals surface area contributed by atoms with Gasteiger partial charge < -0.3 is 10.0 Å². The second-order valence-electron chi connectivity index (χ2n) is 6.65. The molecule has 6 heteroatoms. The first-order valence-corrected chi connectivity index (χ1v) is 8.07. The molecule has 23 heavy (non-hydrogen) atoms. The zero-order valence-corrected chi connectivity index (χ0v) is 13.1. The number of aliphatic hydroxyl groups is 1. The van der Waals surface area contributed by atoms with E-state index in [-0.39, 0.29) is 17.9 Å². The zero-order chi connectivity index (χ0) is 16.0. The lowest BCUT2D eigenvalue weighted by Crippen LogP contribution is -2.42. The van der Waals surface area contributed by atoms with E-state index in [1.807, 2.05) is 17.0 Å². The fourth-order valence-corrected chi connectivity index (χ4v) is 3.69. The van der Waals surface area contributed by atoms with E-state index in [9.17, 15) is 9.90 Å². The monoisotopic (exact) mass is 312 g/mol. The highest BCUT2D eigenvalue weighted by Crippen LogP contribution is 2.52. The number of amides is 1. The highest BCUT2D eigenvalue weighted by molar-refractivity contribution is 5.96. The van der Waals surface area contributed by atoms with Crippen LogP contribution in [0.5, 0.6) is 0 Å². The van der Waals surface area contributed by atoms with E-state index in [0.717, 1.165) is 25.1 Å². The maximum atomic E-state index is 12.8. The summed E-state index contributed by atoms with van der Waals surface area (Å²) in [5.41, 5.74) is 2.99. The Morgan fingerprint density at radius 3 is 2.83 bits per heavy atom. The summed E-state index contributed by atoms with van der Waals surface area (Å²) in [6, 6.07) is 8.22. The van der Waals surface area contributed by atoms with Crippen LogP contribution in [0.15, 0.2) is 30.5 Å². The molecule has 1 saturated carbocycles. The van der Waals surface area contributed by atoms with E-state index >= 15 is 0 Å². The van der Waals surface area contributed by atoms with Gasteiger partial charge in [0.25, 0.3) is 0 Å². The number of para-hydroxylation sites is 1. The van der Waals surface area contributed by atoms with Crippen molar-refractivity contribution in [3.8, 4) is 0 Å². The first kappa shape index (κ1) is 14.4. The Bertz CT molecular complexity index is 749. The average molecular weight is 312 g/mol. The molecule has 6 nitrogen and oxygen atoms in total. The van der Waals surface area contributed by atoms with Gasteiger partial charge in [0, 0.05) is 17.6 Å². The maximum Gasteiger partial charge on any atom is 0.248 e. The number of fused-ring (bicyclic) bond motifs is 2. The minimum absolute atomic E-state index is 0.0169. The van der Waals surface area contributed by atoms with Crippen molar-refractivity contribution >= 4 is 11.6 Å². The van der Waals surface area contributed by atoms with Crippen LogP contribution in [0.3, 0.4) is 0 Å². The Morgan fingerprint density at radius 2 is 2.17 bits per heavy atom. The standard InChI is InChI=1S/C17H20N4O2/c1-12(22)14-9-20(19-18-14)10-16(23)21-11-17(7-4-8-17)13-5-2-3-6-15(13)21/h2-3,5-6,9,12,22H,4,7-8,10-11H2,1H3. The van der Waals surface area contributed by atoms with Gasteiger partial charge in [0.15, 0.2) is 0 Å². The highest BCUT2D eigenvalue weighted by atomic mass is 16.3. The number of carbonyl (C=O) groups is 1. The molecule has 2 aromatic rings. The number of carbonyl (C=O) groups excluding carboxylic acids is 1. The smallest absolute Gasteiger partial charge is 0.248 e. The fraction of sp³-hybridized carbons (Fsp3) is 0.471. The SMILES string of the molecule is CC(O)c1cn(CC(=O)N2CC3(CCC3)c3ccccc32)nn1. The molecule has 1 aliphatic carbocycles. The van der Waals surface area contributed by atoms with Gasteiger partial charge in [-0.3, -0.25) is 4.79 Å². The summed E-state index contributed by atoms with van der Waals surface area (Å²) in [4.78, 5) is 14.6. The van der Waals surface area contributed by atoms with E-state index in [0.29, 0.717) is 5.69 Å². The summed E-state index contributed by atoms with van der Waals surface area (Å²) in [5.74, 6) is 0.0169. The molecule has 120 valence electrons. The molecule has 1 unspecified atom stereocenters. The van der Waals surface area contributed by atoms with Gasteiger partial charge in [0.1, 0.15) is 12.2 Å². The molecular weight excluding hydrogens is 292 g/mol. The van der Waals surface area contributed by atoms with Crippen LogP contribution < -0.4 is 4.90 Å². The molecular formula is C17H20N4O2. The van der Waals surface area contributed by atoms with Gasteiger partial charge >= 0.3 is 0 Å². The largest absolute Gasteiger partial charge is 0.387 e. The summed E-state index contributed by atoms with van der Waals surface area (Å²) in [5, 5.41) is 17.3. The van der Waals surface area contributed by atoms with Crippen LogP contribution in [0.1, 0.15) is 43.5 Å². The Hall–Kier alpha value is -2.21. The third-order valence-corrected chi connectivity index (χ3v) is 5.12. The number of nitrogens with zero attached hydrogens (tertiary/aromatic N) is 4. The second kappa shape index (κ2) is 5.16. The van der Waals surface area contributed by atoms with Gasteiger partial charge in [-0.1, -0.05) is 29.8 Å². The minimum atomic E-state index is -0.676. The van der Waals surface area contributed by atoms with Crippen molar-refractivity contribution < 1.29 is 9.90 Å². The molecule has 1 aliphatic heterocycles. The molecule has 1 spiro atoms. The highest BCUT2D eigenvalue weighted by Gasteiger charge is 2.48. The topological polar surface area (TPSA) is 71.2 Å². The van der Waals surface area contributed by atoms with Crippen molar-refractivity contribution in [2.45, 2.75) is 44.2 Å². The van der Waals surface area contributed by atoms with Crippen LogP contribution in [0, 0.1) is 0 Å². The van der Waals surface area contributed by atoms with E-state index in [2.05, 4.69) is 22.4 Å². The second-order valence-corrected chi connectivity index (χ2v) is 6.65. The molecule has 2 aliphatic rings. The number of anilines is 1. The molecule has 1 fully saturated rings. The number of aromatic nitrogens is 3. The predicted molar refractivity (Wildman–Crippen MR) is 85.0 cm³/mol. The third-order valence-electron chi connectivity index (χ3n) is 5.12. The summed E-state index contributed by atoms with van der Waals surface area (Å²) in [6.07, 6.45) is 4.50. The van der Waals surface area contributed by atoms with Gasteiger partial charge in [0.2, 0.25) is 5.91 Å². The lowest BCUT2D eigenvalue weighted by atomic mass is 9.66.